The van der Waals surface area contributed by atoms with E-state index in [0.717, 1.165) is 0 Å². The molecule has 0 radical (unpaired) electrons. The number of hydrogen-bond donors (Lipinski definition) is 1. The maximum atomic E-state index is 11.6. The van der Waals surface area contributed by atoms with Crippen molar-refractivity contribution in [1.82, 2.24) is 4.90 Å². The number of carbonyl (C=O) groups is 1. The van der Waals surface area contributed by atoms with Crippen LogP contribution in [-0.2, 0) is 9.53 Å². The van der Waals surface area contributed by atoms with E-state index in [1.165, 1.54) is 4.90 Å². The molecule has 0 aromatic carbocycles. The molecule has 82 valence electrons. The third-order valence-corrected chi connectivity index (χ3v) is 1.92. The molecule has 0 aliphatic carbocycles. The summed E-state index contributed by atoms with van der Waals surface area (Å²) in [4.78, 5) is 12.6. The van der Waals surface area contributed by atoms with Crippen LogP contribution in [-0.4, -0.2) is 54.7 Å². The fourth-order valence-corrected chi connectivity index (χ4v) is 1.15. The van der Waals surface area contributed by atoms with Gasteiger partial charge in [0.25, 0.3) is 6.43 Å². The van der Waals surface area contributed by atoms with E-state index in [-0.39, 0.29) is 18.9 Å². The Balaban J connectivity index is 1.99. The minimum Gasteiger partial charge on any atom is -0.389 e. The average molecular weight is 209 g/mol. The van der Waals surface area contributed by atoms with Gasteiger partial charge in [0.15, 0.2) is 0 Å². The van der Waals surface area contributed by atoms with Crippen LogP contribution in [0.4, 0.5) is 8.78 Å². The summed E-state index contributed by atoms with van der Waals surface area (Å²) in [5, 5.41) is 8.89. The summed E-state index contributed by atoms with van der Waals surface area (Å²) in [5.74, 6) is -0.162. The normalized spacial score (nSPS) is 17.3. The van der Waals surface area contributed by atoms with Crippen LogP contribution in [0.3, 0.4) is 0 Å². The van der Waals surface area contributed by atoms with Crippen molar-refractivity contribution in [3.05, 3.63) is 0 Å². The molecule has 14 heavy (non-hydrogen) atoms. The molecule has 1 aliphatic rings. The van der Waals surface area contributed by atoms with E-state index < -0.39 is 19.1 Å². The Kier molecular flexibility index (Phi) is 4.21. The maximum absolute atomic E-state index is 11.6. The Morgan fingerprint density at radius 2 is 2.21 bits per heavy atom. The van der Waals surface area contributed by atoms with Gasteiger partial charge in [-0.25, -0.2) is 8.78 Å². The largest absolute Gasteiger partial charge is 0.389 e. The lowest BCUT2D eigenvalue weighted by Crippen LogP contribution is -2.53. The molecule has 0 bridgehead atoms. The van der Waals surface area contributed by atoms with Crippen LogP contribution in [0.25, 0.3) is 0 Å². The van der Waals surface area contributed by atoms with Crippen molar-refractivity contribution < 1.29 is 23.4 Å². The van der Waals surface area contributed by atoms with E-state index in [2.05, 4.69) is 4.74 Å². The molecule has 0 spiro atoms. The predicted octanol–water partition coefficient (Wildman–Crippen LogP) is -0.139. The van der Waals surface area contributed by atoms with Gasteiger partial charge in [-0.05, 0) is 0 Å². The highest BCUT2D eigenvalue weighted by Crippen LogP contribution is 2.08. The number of likely N-dealkylation sites (tertiary alicyclic amines) is 1. The van der Waals surface area contributed by atoms with Crippen LogP contribution in [0.2, 0.25) is 0 Å². The second-order valence-corrected chi connectivity index (χ2v) is 3.17. The van der Waals surface area contributed by atoms with Gasteiger partial charge in [-0.2, -0.15) is 0 Å². The molecule has 6 heteroatoms. The Morgan fingerprint density at radius 3 is 2.71 bits per heavy atom. The van der Waals surface area contributed by atoms with E-state index in [4.69, 9.17) is 5.11 Å². The van der Waals surface area contributed by atoms with Crippen LogP contribution in [0, 0.1) is 0 Å². The molecule has 1 heterocycles. The van der Waals surface area contributed by atoms with Crippen molar-refractivity contribution in [1.29, 1.82) is 0 Å². The van der Waals surface area contributed by atoms with Gasteiger partial charge in [-0.3, -0.25) is 4.79 Å². The summed E-state index contributed by atoms with van der Waals surface area (Å²) in [7, 11) is 0. The Hall–Kier alpha value is -0.750. The number of aliphatic hydroxyl groups is 1. The molecule has 0 aromatic heterocycles. The first-order valence-electron chi connectivity index (χ1n) is 4.41. The minimum absolute atomic E-state index is 0.00969. The zero-order valence-electron chi connectivity index (χ0n) is 7.66. The van der Waals surface area contributed by atoms with Crippen molar-refractivity contribution in [2.24, 2.45) is 0 Å². The van der Waals surface area contributed by atoms with Crippen LogP contribution >= 0.6 is 0 Å². The molecule has 1 N–H and O–H groups in total. The summed E-state index contributed by atoms with van der Waals surface area (Å²) < 4.78 is 27.7. The quantitative estimate of drug-likeness (QED) is 0.641. The molecular weight excluding hydrogens is 196 g/mol. The summed E-state index contributed by atoms with van der Waals surface area (Å²) in [5.41, 5.74) is 0. The lowest BCUT2D eigenvalue weighted by molar-refractivity contribution is -0.142. The van der Waals surface area contributed by atoms with Gasteiger partial charge in [0.1, 0.15) is 6.61 Å². The minimum atomic E-state index is -2.49. The highest BCUT2D eigenvalue weighted by molar-refractivity contribution is 5.77. The van der Waals surface area contributed by atoms with Crippen molar-refractivity contribution >= 4 is 5.91 Å². The van der Waals surface area contributed by atoms with Crippen molar-refractivity contribution in [3.8, 4) is 0 Å². The molecule has 4 nitrogen and oxygen atoms in total. The second kappa shape index (κ2) is 5.21. The zero-order valence-corrected chi connectivity index (χ0v) is 7.66. The van der Waals surface area contributed by atoms with Crippen molar-refractivity contribution in [3.63, 3.8) is 0 Å². The molecule has 1 fully saturated rings. The maximum Gasteiger partial charge on any atom is 0.261 e. The van der Waals surface area contributed by atoms with Gasteiger partial charge in [-0.15, -0.1) is 0 Å². The number of alkyl halides is 2. The summed E-state index contributed by atoms with van der Waals surface area (Å²) >= 11 is 0. The summed E-state index contributed by atoms with van der Waals surface area (Å²) in [6.45, 7) is 0.0625. The number of β-amino-alcohol motifs (C(OH)–C–C–N with tert-alkyl or cyclic N) is 1. The molecule has 1 saturated heterocycles. The first kappa shape index (κ1) is 11.3. The average Bonchev–Trinajstić information content (AvgIpc) is 2.06. The molecule has 0 unspecified atom stereocenters. The second-order valence-electron chi connectivity index (χ2n) is 3.17. The lowest BCUT2D eigenvalue weighted by Gasteiger charge is -2.35. The van der Waals surface area contributed by atoms with Crippen molar-refractivity contribution in [2.75, 3.05) is 26.3 Å². The van der Waals surface area contributed by atoms with Crippen LogP contribution in [0.15, 0.2) is 0 Å². The lowest BCUT2D eigenvalue weighted by atomic mass is 10.1. The van der Waals surface area contributed by atoms with Gasteiger partial charge in [-0.1, -0.05) is 0 Å². The summed E-state index contributed by atoms with van der Waals surface area (Å²) in [6, 6.07) is 0. The molecule has 0 atom stereocenters. The summed E-state index contributed by atoms with van der Waals surface area (Å²) in [6.07, 6.45) is -2.82. The molecule has 0 saturated carbocycles. The predicted molar refractivity (Wildman–Crippen MR) is 44.0 cm³/mol. The van der Waals surface area contributed by atoms with Gasteiger partial charge in [0.05, 0.1) is 19.1 Å². The molecular formula is C8H13F2NO3. The standard InChI is InChI=1S/C8H13F2NO3/c9-7(10)5-14-2-1-8(13)11-3-6(12)4-11/h6-7,12H,1-5H2. The Morgan fingerprint density at radius 1 is 1.57 bits per heavy atom. The van der Waals surface area contributed by atoms with Gasteiger partial charge in [0.2, 0.25) is 5.91 Å². The first-order valence-corrected chi connectivity index (χ1v) is 4.41. The van der Waals surface area contributed by atoms with Gasteiger partial charge >= 0.3 is 0 Å². The Bertz CT molecular complexity index is 195. The number of hydrogen-bond acceptors (Lipinski definition) is 3. The van der Waals surface area contributed by atoms with Gasteiger partial charge in [0, 0.05) is 13.1 Å². The monoisotopic (exact) mass is 209 g/mol. The molecule has 1 amide bonds. The van der Waals surface area contributed by atoms with Crippen LogP contribution in [0.5, 0.6) is 0 Å². The van der Waals surface area contributed by atoms with E-state index >= 15 is 0 Å². The van der Waals surface area contributed by atoms with Crippen LogP contribution in [0.1, 0.15) is 6.42 Å². The Labute approximate surface area is 80.4 Å². The number of rotatable bonds is 5. The SMILES string of the molecule is O=C(CCOCC(F)F)N1CC(O)C1. The third kappa shape index (κ3) is 3.55. The zero-order chi connectivity index (χ0) is 10.6. The van der Waals surface area contributed by atoms with Crippen LogP contribution < -0.4 is 0 Å². The molecule has 0 aromatic rings. The highest BCUT2D eigenvalue weighted by atomic mass is 19.3. The number of aliphatic hydroxyl groups excluding tert-OH is 1. The smallest absolute Gasteiger partial charge is 0.261 e. The number of halogens is 2. The third-order valence-electron chi connectivity index (χ3n) is 1.92. The van der Waals surface area contributed by atoms with E-state index in [9.17, 15) is 13.6 Å². The first-order chi connectivity index (χ1) is 6.59. The highest BCUT2D eigenvalue weighted by Gasteiger charge is 2.28. The topological polar surface area (TPSA) is 49.8 Å². The van der Waals surface area contributed by atoms with Gasteiger partial charge < -0.3 is 14.7 Å². The molecule has 1 rings (SSSR count). The molecule has 1 aliphatic heterocycles. The number of carbonyl (C=O) groups excluding carboxylic acids is 1. The van der Waals surface area contributed by atoms with E-state index in [0.29, 0.717) is 13.1 Å². The number of nitrogens with zero attached hydrogens (tertiary/aromatic N) is 1. The number of ether oxygens (including phenoxy) is 1. The van der Waals surface area contributed by atoms with E-state index in [1.807, 2.05) is 0 Å². The van der Waals surface area contributed by atoms with Crippen molar-refractivity contribution in [2.45, 2.75) is 19.0 Å². The fourth-order valence-electron chi connectivity index (χ4n) is 1.15. The number of amides is 1. The fraction of sp³-hybridized carbons (Fsp3) is 0.875. The van der Waals surface area contributed by atoms with E-state index in [1.54, 1.807) is 0 Å².